The monoisotopic (exact) mass is 1180 g/mol. The summed E-state index contributed by atoms with van der Waals surface area (Å²) in [6.45, 7) is 10.7. The average molecular weight is 1180 g/mol. The molecule has 1 aromatic heterocycles. The van der Waals surface area contributed by atoms with Gasteiger partial charge < -0.3 is 63.2 Å². The normalized spacial score (nSPS) is 12.4. The summed E-state index contributed by atoms with van der Waals surface area (Å²) in [6.07, 6.45) is 6.00. The molecule has 2 aromatic carbocycles. The number of carbonyl (C=O) groups excluding carboxylic acids is 3. The molecule has 0 fully saturated rings. The molecule has 0 unspecified atom stereocenters. The second-order valence-corrected chi connectivity index (χ2v) is 18.4. The van der Waals surface area contributed by atoms with Crippen molar-refractivity contribution in [3.63, 3.8) is 0 Å². The Morgan fingerprint density at radius 3 is 1.64 bits per heavy atom. The number of esters is 1. The van der Waals surface area contributed by atoms with E-state index in [2.05, 4.69) is 25.0 Å². The van der Waals surface area contributed by atoms with Gasteiger partial charge in [0.2, 0.25) is 23.3 Å². The maximum Gasteiger partial charge on any atom is 0.313 e. The molecule has 1 aliphatic rings. The summed E-state index contributed by atoms with van der Waals surface area (Å²) < 4.78 is 145. The van der Waals surface area contributed by atoms with Gasteiger partial charge in [-0.1, -0.05) is 19.1 Å². The summed E-state index contributed by atoms with van der Waals surface area (Å²) in [5.41, 5.74) is 10.5. The Kier molecular flexibility index (Phi) is 32.6. The van der Waals surface area contributed by atoms with Crippen molar-refractivity contribution in [2.24, 2.45) is 10.7 Å². The zero-order chi connectivity index (χ0) is 58.7. The van der Waals surface area contributed by atoms with Gasteiger partial charge in [-0.05, 0) is 31.1 Å². The molecule has 29 heteroatoms. The molecule has 452 valence electrons. The van der Waals surface area contributed by atoms with Crippen molar-refractivity contribution in [2.75, 3.05) is 152 Å². The van der Waals surface area contributed by atoms with E-state index >= 15 is 0 Å². The topological polar surface area (TPSA) is 296 Å². The Balaban J connectivity index is 0.871. The van der Waals surface area contributed by atoms with Crippen molar-refractivity contribution in [2.45, 2.75) is 50.8 Å². The molecule has 0 radical (unpaired) electrons. The van der Waals surface area contributed by atoms with Crippen LogP contribution in [0.3, 0.4) is 0 Å². The fourth-order valence-corrected chi connectivity index (χ4v) is 7.75. The Morgan fingerprint density at radius 1 is 0.691 bits per heavy atom. The van der Waals surface area contributed by atoms with E-state index in [4.69, 9.17) is 62.5 Å². The lowest BCUT2D eigenvalue weighted by molar-refractivity contribution is -0.180. The van der Waals surface area contributed by atoms with Crippen LogP contribution in [0.15, 0.2) is 46.2 Å². The molecule has 0 saturated heterocycles. The van der Waals surface area contributed by atoms with Gasteiger partial charge in [0.15, 0.2) is 16.5 Å². The van der Waals surface area contributed by atoms with Crippen molar-refractivity contribution < 1.29 is 102 Å². The first-order valence-electron chi connectivity index (χ1n) is 26.2. The minimum absolute atomic E-state index is 0.0155. The molecule has 0 saturated carbocycles. The Bertz CT molecular complexity index is 2550. The van der Waals surface area contributed by atoms with Gasteiger partial charge in [-0.25, -0.2) is 28.8 Å². The van der Waals surface area contributed by atoms with Crippen LogP contribution in [0.1, 0.15) is 50.8 Å². The maximum atomic E-state index is 14.0. The Labute approximate surface area is 467 Å². The number of rotatable bonds is 44. The van der Waals surface area contributed by atoms with Crippen LogP contribution >= 0.6 is 0 Å². The van der Waals surface area contributed by atoms with E-state index in [1.807, 2.05) is 32.0 Å². The number of carbonyl (C=O) groups is 3. The van der Waals surface area contributed by atoms with Crippen molar-refractivity contribution in [1.29, 1.82) is 0 Å². The van der Waals surface area contributed by atoms with Gasteiger partial charge in [-0.2, -0.15) is 17.2 Å². The van der Waals surface area contributed by atoms with Crippen LogP contribution in [-0.4, -0.2) is 203 Å². The summed E-state index contributed by atoms with van der Waals surface area (Å²) >= 11 is 0. The number of fused-ring (bicyclic) bond motifs is 1. The van der Waals surface area contributed by atoms with Crippen molar-refractivity contribution in [1.82, 2.24) is 20.3 Å². The molecular weight excluding hydrogens is 1100 g/mol. The smallest absolute Gasteiger partial charge is 0.313 e. The number of nitrogens with one attached hydrogen (secondary N) is 1. The molecule has 0 spiro atoms. The van der Waals surface area contributed by atoms with Gasteiger partial charge in [0.25, 0.3) is 5.91 Å². The number of aliphatic imine (C=N–C) groups is 1. The zero-order valence-electron chi connectivity index (χ0n) is 45.4. The molecule has 3 aromatic rings. The number of amidine groups is 1. The lowest BCUT2D eigenvalue weighted by Gasteiger charge is -2.21. The first kappa shape index (κ1) is 67.8. The van der Waals surface area contributed by atoms with Crippen LogP contribution < -0.4 is 15.8 Å². The van der Waals surface area contributed by atoms with Crippen molar-refractivity contribution in [3.8, 4) is 16.9 Å². The van der Waals surface area contributed by atoms with E-state index in [1.165, 1.54) is 11.4 Å². The standard InChI is InChI=1S/C52H72F4N6O18S/c1-3-11-62(79-4-2)52(65)39-32-38-6-5-37(33-42(38)61-43(57)34-39)40-35-58-36-60-41(40)7-10-59-44(63)8-12-69-14-16-71-18-20-73-22-24-75-26-28-77-30-31-78-29-27-76-25-23-74-21-19-72-17-15-70-13-9-45(64)80-50-46(53)48(55)51(81(66,67)68)49(56)47(50)54/h5-6,32-33,35-36H,3-4,7-31,34H2,1-2H3,(H2,57,61)(H,59,63)(H,66,67,68). The SMILES string of the molecule is CCCN(OCC)C(=O)C1=Cc2ccc(-c3cncnc3CCNC(=O)CCOCCOCCOCCOCCOCCOCCOCCOCCOCCOCCC(=O)Oc3c(F)c(F)c(S(=O)(=O)O)c(F)c3F)cc2N=C(N)C1. The highest BCUT2D eigenvalue weighted by Crippen LogP contribution is 2.34. The molecule has 0 aliphatic carbocycles. The fraction of sp³-hybridized carbons (Fsp3) is 0.577. The summed E-state index contributed by atoms with van der Waals surface area (Å²) in [5, 5.41) is 4.29. The minimum Gasteiger partial charge on any atom is -0.420 e. The van der Waals surface area contributed by atoms with Gasteiger partial charge in [0.05, 0.1) is 157 Å². The van der Waals surface area contributed by atoms with Crippen LogP contribution in [-0.2, 0) is 83.1 Å². The molecule has 0 bridgehead atoms. The quantitative estimate of drug-likeness (QED) is 0.0136. The summed E-state index contributed by atoms with van der Waals surface area (Å²) in [5.74, 6) is -12.8. The van der Waals surface area contributed by atoms with E-state index in [0.29, 0.717) is 136 Å². The number of nitrogens with two attached hydrogens (primary N) is 1. The number of nitrogens with zero attached hydrogens (tertiary/aromatic N) is 4. The van der Waals surface area contributed by atoms with Gasteiger partial charge in [-0.15, -0.1) is 0 Å². The summed E-state index contributed by atoms with van der Waals surface area (Å²) in [6, 6.07) is 5.70. The number of amides is 2. The van der Waals surface area contributed by atoms with E-state index in [-0.39, 0.29) is 64.3 Å². The Morgan fingerprint density at radius 2 is 1.17 bits per heavy atom. The maximum absolute atomic E-state index is 14.0. The van der Waals surface area contributed by atoms with Crippen molar-refractivity contribution >= 4 is 45.5 Å². The van der Waals surface area contributed by atoms with Crippen LogP contribution in [0, 0.1) is 23.3 Å². The largest absolute Gasteiger partial charge is 0.420 e. The van der Waals surface area contributed by atoms with E-state index in [9.17, 15) is 40.4 Å². The number of hydroxylamine groups is 2. The van der Waals surface area contributed by atoms with Gasteiger partial charge >= 0.3 is 16.1 Å². The number of aromatic nitrogens is 2. The number of hydrogen-bond donors (Lipinski definition) is 3. The molecular formula is C52H72F4N6O18S. The molecule has 2 amide bonds. The van der Waals surface area contributed by atoms with Gasteiger partial charge in [0, 0.05) is 55.2 Å². The zero-order valence-corrected chi connectivity index (χ0v) is 46.3. The van der Waals surface area contributed by atoms with Crippen LogP contribution in [0.2, 0.25) is 0 Å². The second kappa shape index (κ2) is 38.9. The van der Waals surface area contributed by atoms with Crippen LogP contribution in [0.5, 0.6) is 5.75 Å². The van der Waals surface area contributed by atoms with Gasteiger partial charge in [-0.3, -0.25) is 23.8 Å². The predicted octanol–water partition coefficient (Wildman–Crippen LogP) is 4.12. The number of benzene rings is 2. The number of halogens is 4. The first-order chi connectivity index (χ1) is 39.2. The molecule has 1 aliphatic heterocycles. The highest BCUT2D eigenvalue weighted by atomic mass is 32.2. The van der Waals surface area contributed by atoms with Crippen molar-refractivity contribution in [3.05, 3.63) is 70.8 Å². The Hall–Kier alpha value is -5.67. The molecule has 2 heterocycles. The third kappa shape index (κ3) is 25.6. The fourth-order valence-electron chi connectivity index (χ4n) is 7.12. The van der Waals surface area contributed by atoms with E-state index in [0.717, 1.165) is 28.8 Å². The minimum atomic E-state index is -5.65. The first-order valence-corrected chi connectivity index (χ1v) is 27.6. The number of ether oxygens (including phenoxy) is 11. The van der Waals surface area contributed by atoms with Gasteiger partial charge in [0.1, 0.15) is 12.2 Å². The molecule has 4 N–H and O–H groups in total. The average Bonchev–Trinajstić information content (AvgIpc) is 3.67. The van der Waals surface area contributed by atoms with E-state index in [1.54, 1.807) is 12.3 Å². The lowest BCUT2D eigenvalue weighted by Crippen LogP contribution is -2.34. The molecule has 81 heavy (non-hydrogen) atoms. The predicted molar refractivity (Wildman–Crippen MR) is 281 cm³/mol. The molecule has 0 atom stereocenters. The molecule has 4 rings (SSSR count). The third-order valence-corrected chi connectivity index (χ3v) is 11.8. The second-order valence-electron chi connectivity index (χ2n) is 17.0. The van der Waals surface area contributed by atoms with Crippen LogP contribution in [0.4, 0.5) is 23.2 Å². The lowest BCUT2D eigenvalue weighted by atomic mass is 10.00. The third-order valence-electron chi connectivity index (χ3n) is 10.9. The highest BCUT2D eigenvalue weighted by molar-refractivity contribution is 7.85. The van der Waals surface area contributed by atoms with Crippen LogP contribution in [0.25, 0.3) is 17.2 Å². The molecule has 24 nitrogen and oxygen atoms in total. The number of hydrogen-bond acceptors (Lipinski definition) is 21. The van der Waals surface area contributed by atoms with E-state index < -0.39 is 56.4 Å². The summed E-state index contributed by atoms with van der Waals surface area (Å²) in [4.78, 5) is 54.2. The highest BCUT2D eigenvalue weighted by Gasteiger charge is 2.34. The summed E-state index contributed by atoms with van der Waals surface area (Å²) in [7, 11) is -5.65.